The highest BCUT2D eigenvalue weighted by molar-refractivity contribution is 5.83. The SMILES string of the molecule is CO[CH]C(=O)NC1CCCCC1. The first-order valence-corrected chi connectivity index (χ1v) is 4.49. The van der Waals surface area contributed by atoms with E-state index in [1.54, 1.807) is 0 Å². The summed E-state index contributed by atoms with van der Waals surface area (Å²) in [7, 11) is 1.49. The Kier molecular flexibility index (Phi) is 4.08. The summed E-state index contributed by atoms with van der Waals surface area (Å²) in [6.45, 7) is 1.22. The minimum Gasteiger partial charge on any atom is -0.368 e. The van der Waals surface area contributed by atoms with Crippen molar-refractivity contribution in [2.24, 2.45) is 0 Å². The van der Waals surface area contributed by atoms with Crippen molar-refractivity contribution in [2.45, 2.75) is 38.1 Å². The minimum absolute atomic E-state index is 0.107. The number of hydrogen-bond donors (Lipinski definition) is 1. The van der Waals surface area contributed by atoms with Crippen LogP contribution in [0.2, 0.25) is 0 Å². The Bertz CT molecular complexity index is 141. The van der Waals surface area contributed by atoms with Crippen LogP contribution in [-0.4, -0.2) is 19.1 Å². The molecule has 1 N–H and O–H groups in total. The molecule has 0 aromatic rings. The van der Waals surface area contributed by atoms with Crippen molar-refractivity contribution in [1.29, 1.82) is 0 Å². The van der Waals surface area contributed by atoms with Gasteiger partial charge in [-0.3, -0.25) is 4.79 Å². The van der Waals surface area contributed by atoms with Crippen LogP contribution in [0.3, 0.4) is 0 Å². The average molecular weight is 170 g/mol. The van der Waals surface area contributed by atoms with Gasteiger partial charge in [0.25, 0.3) is 5.91 Å². The van der Waals surface area contributed by atoms with E-state index in [0.29, 0.717) is 6.04 Å². The van der Waals surface area contributed by atoms with E-state index in [1.807, 2.05) is 0 Å². The quantitative estimate of drug-likeness (QED) is 0.692. The van der Waals surface area contributed by atoms with Gasteiger partial charge in [0.2, 0.25) is 0 Å². The first kappa shape index (κ1) is 9.52. The number of amides is 1. The van der Waals surface area contributed by atoms with E-state index in [4.69, 9.17) is 0 Å². The zero-order valence-electron chi connectivity index (χ0n) is 7.51. The minimum atomic E-state index is -0.107. The van der Waals surface area contributed by atoms with Crippen LogP contribution >= 0.6 is 0 Å². The van der Waals surface area contributed by atoms with E-state index in [0.717, 1.165) is 12.8 Å². The van der Waals surface area contributed by atoms with E-state index in [9.17, 15) is 4.79 Å². The van der Waals surface area contributed by atoms with Gasteiger partial charge < -0.3 is 10.1 Å². The Balaban J connectivity index is 2.15. The number of methoxy groups -OCH3 is 1. The molecule has 1 aliphatic rings. The standard InChI is InChI=1S/C9H16NO2/c1-12-7-9(11)10-8-5-3-2-4-6-8/h7-8H,2-6H2,1H3,(H,10,11). The molecule has 3 nitrogen and oxygen atoms in total. The summed E-state index contributed by atoms with van der Waals surface area (Å²) in [4.78, 5) is 11.0. The molecule has 1 fully saturated rings. The second-order valence-corrected chi connectivity index (χ2v) is 3.20. The first-order valence-electron chi connectivity index (χ1n) is 4.49. The maximum absolute atomic E-state index is 11.0. The van der Waals surface area contributed by atoms with Crippen LogP contribution in [0.15, 0.2) is 0 Å². The number of carbonyl (C=O) groups is 1. The van der Waals surface area contributed by atoms with Crippen molar-refractivity contribution in [1.82, 2.24) is 5.32 Å². The van der Waals surface area contributed by atoms with Crippen molar-refractivity contribution in [3.8, 4) is 0 Å². The lowest BCUT2D eigenvalue weighted by molar-refractivity contribution is -0.121. The maximum Gasteiger partial charge on any atom is 0.252 e. The smallest absolute Gasteiger partial charge is 0.252 e. The zero-order chi connectivity index (χ0) is 8.81. The largest absolute Gasteiger partial charge is 0.368 e. The number of rotatable bonds is 3. The van der Waals surface area contributed by atoms with Crippen LogP contribution in [0.1, 0.15) is 32.1 Å². The summed E-state index contributed by atoms with van der Waals surface area (Å²) in [5, 5.41) is 2.90. The predicted octanol–water partition coefficient (Wildman–Crippen LogP) is 1.24. The second-order valence-electron chi connectivity index (χ2n) is 3.20. The van der Waals surface area contributed by atoms with Crippen LogP contribution in [0.5, 0.6) is 0 Å². The van der Waals surface area contributed by atoms with Gasteiger partial charge in [-0.2, -0.15) is 0 Å². The topological polar surface area (TPSA) is 38.3 Å². The first-order chi connectivity index (χ1) is 5.83. The fourth-order valence-electron chi connectivity index (χ4n) is 1.59. The van der Waals surface area contributed by atoms with Gasteiger partial charge in [-0.15, -0.1) is 0 Å². The van der Waals surface area contributed by atoms with Gasteiger partial charge in [0.05, 0.1) is 0 Å². The molecule has 1 saturated carbocycles. The van der Waals surface area contributed by atoms with Crippen LogP contribution in [0, 0.1) is 6.61 Å². The third kappa shape index (κ3) is 3.22. The van der Waals surface area contributed by atoms with E-state index >= 15 is 0 Å². The lowest BCUT2D eigenvalue weighted by Crippen LogP contribution is -2.36. The molecule has 0 heterocycles. The monoisotopic (exact) mass is 170 g/mol. The molecule has 0 unspecified atom stereocenters. The Labute approximate surface area is 73.5 Å². The molecular formula is C9H16NO2. The van der Waals surface area contributed by atoms with Crippen molar-refractivity contribution < 1.29 is 9.53 Å². The maximum atomic E-state index is 11.0. The summed E-state index contributed by atoms with van der Waals surface area (Å²) >= 11 is 0. The third-order valence-corrected chi connectivity index (χ3v) is 2.18. The van der Waals surface area contributed by atoms with Crippen LogP contribution in [-0.2, 0) is 9.53 Å². The van der Waals surface area contributed by atoms with Gasteiger partial charge in [-0.05, 0) is 12.8 Å². The molecular weight excluding hydrogens is 154 g/mol. The molecule has 0 aromatic carbocycles. The highest BCUT2D eigenvalue weighted by Gasteiger charge is 2.15. The predicted molar refractivity (Wildman–Crippen MR) is 46.3 cm³/mol. The molecule has 1 amide bonds. The number of nitrogens with one attached hydrogen (secondary N) is 1. The van der Waals surface area contributed by atoms with Crippen LogP contribution < -0.4 is 5.32 Å². The van der Waals surface area contributed by atoms with Gasteiger partial charge in [0.1, 0.15) is 0 Å². The fourth-order valence-corrected chi connectivity index (χ4v) is 1.59. The van der Waals surface area contributed by atoms with Crippen molar-refractivity contribution in [3.63, 3.8) is 0 Å². The summed E-state index contributed by atoms with van der Waals surface area (Å²) in [6, 6.07) is 0.373. The van der Waals surface area contributed by atoms with Gasteiger partial charge in [0, 0.05) is 13.2 Å². The molecule has 1 rings (SSSR count). The Hall–Kier alpha value is -0.570. The number of ether oxygens (including phenoxy) is 1. The van der Waals surface area contributed by atoms with Crippen LogP contribution in [0.25, 0.3) is 0 Å². The third-order valence-electron chi connectivity index (χ3n) is 2.18. The molecule has 0 atom stereocenters. The molecule has 69 valence electrons. The van der Waals surface area contributed by atoms with Crippen molar-refractivity contribution in [2.75, 3.05) is 7.11 Å². The summed E-state index contributed by atoms with van der Waals surface area (Å²) < 4.78 is 4.61. The highest BCUT2D eigenvalue weighted by atomic mass is 16.5. The average Bonchev–Trinajstić information content (AvgIpc) is 2.06. The molecule has 0 bridgehead atoms. The molecule has 3 heteroatoms. The van der Waals surface area contributed by atoms with E-state index in [-0.39, 0.29) is 5.91 Å². The molecule has 1 radical (unpaired) electrons. The number of hydrogen-bond acceptors (Lipinski definition) is 2. The normalized spacial score (nSPS) is 19.1. The molecule has 0 saturated heterocycles. The van der Waals surface area contributed by atoms with E-state index in [1.165, 1.54) is 33.0 Å². The van der Waals surface area contributed by atoms with E-state index < -0.39 is 0 Å². The van der Waals surface area contributed by atoms with Gasteiger partial charge >= 0.3 is 0 Å². The lowest BCUT2D eigenvalue weighted by Gasteiger charge is -2.22. The number of carbonyl (C=O) groups excluding carboxylic acids is 1. The zero-order valence-corrected chi connectivity index (χ0v) is 7.51. The van der Waals surface area contributed by atoms with Crippen molar-refractivity contribution >= 4 is 5.91 Å². The molecule has 0 aromatic heterocycles. The van der Waals surface area contributed by atoms with Gasteiger partial charge in [0.15, 0.2) is 6.61 Å². The highest BCUT2D eigenvalue weighted by Crippen LogP contribution is 2.17. The molecule has 1 aliphatic carbocycles. The molecule has 0 spiro atoms. The van der Waals surface area contributed by atoms with Crippen LogP contribution in [0.4, 0.5) is 0 Å². The van der Waals surface area contributed by atoms with Gasteiger partial charge in [-0.1, -0.05) is 19.3 Å². The van der Waals surface area contributed by atoms with Gasteiger partial charge in [-0.25, -0.2) is 0 Å². The molecule has 12 heavy (non-hydrogen) atoms. The van der Waals surface area contributed by atoms with Crippen molar-refractivity contribution in [3.05, 3.63) is 6.61 Å². The second kappa shape index (κ2) is 5.14. The van der Waals surface area contributed by atoms with E-state index in [2.05, 4.69) is 10.1 Å². The Morgan fingerprint density at radius 3 is 2.67 bits per heavy atom. The fraction of sp³-hybridized carbons (Fsp3) is 0.778. The molecule has 0 aliphatic heterocycles. The Morgan fingerprint density at radius 1 is 1.42 bits per heavy atom. The summed E-state index contributed by atoms with van der Waals surface area (Å²) in [5.41, 5.74) is 0. The summed E-state index contributed by atoms with van der Waals surface area (Å²) in [6.07, 6.45) is 6.00. The lowest BCUT2D eigenvalue weighted by atomic mass is 9.95. The Morgan fingerprint density at radius 2 is 2.08 bits per heavy atom. The summed E-state index contributed by atoms with van der Waals surface area (Å²) in [5.74, 6) is -0.107.